The van der Waals surface area contributed by atoms with Gasteiger partial charge in [-0.1, -0.05) is 32.4 Å². The highest BCUT2D eigenvalue weighted by Crippen LogP contribution is 2.27. The number of aromatic nitrogens is 2. The van der Waals surface area contributed by atoms with E-state index in [1.165, 1.54) is 0 Å². The molecule has 0 aliphatic rings. The fourth-order valence-corrected chi connectivity index (χ4v) is 1.80. The second-order valence-corrected chi connectivity index (χ2v) is 5.98. The van der Waals surface area contributed by atoms with E-state index in [1.54, 1.807) is 47.6 Å². The second-order valence-electron chi connectivity index (χ2n) is 5.55. The Hall–Kier alpha value is -1.46. The molecule has 0 amide bonds. The van der Waals surface area contributed by atoms with Crippen LogP contribution in [0.25, 0.3) is 0 Å². The zero-order valence-electron chi connectivity index (χ0n) is 12.2. The van der Waals surface area contributed by atoms with Gasteiger partial charge in [0.15, 0.2) is 5.78 Å². The van der Waals surface area contributed by atoms with E-state index < -0.39 is 11.6 Å². The molecule has 1 atom stereocenters. The minimum absolute atomic E-state index is 0. The van der Waals surface area contributed by atoms with Crippen LogP contribution in [0.5, 0.6) is 5.75 Å². The molecule has 0 spiro atoms. The van der Waals surface area contributed by atoms with Crippen LogP contribution in [-0.2, 0) is 4.79 Å². The molecule has 21 heavy (non-hydrogen) atoms. The number of carbonyl (C=O) groups excluding carboxylic acids is 1. The van der Waals surface area contributed by atoms with Crippen LogP contribution >= 0.6 is 25.1 Å². The minimum Gasteiger partial charge on any atom is -0.463 e. The van der Waals surface area contributed by atoms with Crippen molar-refractivity contribution in [3.8, 4) is 5.75 Å². The van der Waals surface area contributed by atoms with E-state index in [1.807, 2.05) is 20.8 Å². The first-order chi connectivity index (χ1) is 9.38. The molecule has 0 bridgehead atoms. The summed E-state index contributed by atoms with van der Waals surface area (Å²) in [5, 5.41) is 0.624. The molecule has 2 aromatic rings. The number of ether oxygens (including phenoxy) is 1. The molecule has 1 unspecified atom stereocenters. The van der Waals surface area contributed by atoms with Gasteiger partial charge < -0.3 is 4.74 Å². The Kier molecular flexibility index (Phi) is 5.87. The summed E-state index contributed by atoms with van der Waals surface area (Å²) >= 11 is 5.85. The lowest BCUT2D eigenvalue weighted by molar-refractivity contribution is -0.137. The highest BCUT2D eigenvalue weighted by molar-refractivity contribution is 7.59. The predicted octanol–water partition coefficient (Wildman–Crippen LogP) is 3.84. The summed E-state index contributed by atoms with van der Waals surface area (Å²) in [7, 11) is 0. The average Bonchev–Trinajstić information content (AvgIpc) is 2.90. The molecular weight excluding hydrogens is 308 g/mol. The molecule has 0 saturated carbocycles. The molecule has 0 saturated heterocycles. The van der Waals surface area contributed by atoms with Crippen molar-refractivity contribution < 1.29 is 9.53 Å². The van der Waals surface area contributed by atoms with Gasteiger partial charge in [-0.2, -0.15) is 13.5 Å². The number of nitrogens with zero attached hydrogens (tertiary/aromatic N) is 2. The molecule has 0 fully saturated rings. The predicted molar refractivity (Wildman–Crippen MR) is 88.2 cm³/mol. The molecule has 1 aromatic heterocycles. The Labute approximate surface area is 136 Å². The van der Waals surface area contributed by atoms with Gasteiger partial charge in [0.1, 0.15) is 5.75 Å². The maximum absolute atomic E-state index is 12.5. The van der Waals surface area contributed by atoms with Gasteiger partial charge in [0, 0.05) is 22.8 Å². The first-order valence-corrected chi connectivity index (χ1v) is 6.70. The van der Waals surface area contributed by atoms with Gasteiger partial charge in [-0.25, -0.2) is 4.98 Å². The SMILES string of the molecule is CC(C)(C)C(=O)C(Oc1ccc(Cl)cc1)n1ccnc1.S. The smallest absolute Gasteiger partial charge is 0.236 e. The van der Waals surface area contributed by atoms with Crippen LogP contribution in [0, 0.1) is 5.41 Å². The minimum atomic E-state index is -0.737. The van der Waals surface area contributed by atoms with Crippen molar-refractivity contribution in [1.29, 1.82) is 0 Å². The Morgan fingerprint density at radius 1 is 1.29 bits per heavy atom. The summed E-state index contributed by atoms with van der Waals surface area (Å²) < 4.78 is 7.47. The van der Waals surface area contributed by atoms with E-state index in [4.69, 9.17) is 16.3 Å². The van der Waals surface area contributed by atoms with E-state index in [-0.39, 0.29) is 19.3 Å². The molecule has 0 aliphatic heterocycles. The average molecular weight is 327 g/mol. The number of benzene rings is 1. The van der Waals surface area contributed by atoms with Crippen molar-refractivity contribution in [2.24, 2.45) is 5.41 Å². The van der Waals surface area contributed by atoms with E-state index in [2.05, 4.69) is 4.98 Å². The summed E-state index contributed by atoms with van der Waals surface area (Å²) in [6, 6.07) is 6.93. The molecule has 2 rings (SSSR count). The highest BCUT2D eigenvalue weighted by Gasteiger charge is 2.32. The molecule has 6 heteroatoms. The maximum Gasteiger partial charge on any atom is 0.236 e. The van der Waals surface area contributed by atoms with Crippen LogP contribution in [-0.4, -0.2) is 15.3 Å². The van der Waals surface area contributed by atoms with Crippen molar-refractivity contribution in [3.63, 3.8) is 0 Å². The lowest BCUT2D eigenvalue weighted by atomic mass is 9.89. The van der Waals surface area contributed by atoms with Crippen LogP contribution in [0.1, 0.15) is 27.0 Å². The molecule has 1 heterocycles. The number of halogens is 1. The van der Waals surface area contributed by atoms with Gasteiger partial charge in [0.2, 0.25) is 6.23 Å². The molecule has 114 valence electrons. The van der Waals surface area contributed by atoms with Crippen molar-refractivity contribution in [2.45, 2.75) is 27.0 Å². The number of hydrogen-bond donors (Lipinski definition) is 0. The molecule has 0 aliphatic carbocycles. The summed E-state index contributed by atoms with van der Waals surface area (Å²) in [6.45, 7) is 5.60. The maximum atomic E-state index is 12.5. The third-order valence-electron chi connectivity index (χ3n) is 2.82. The number of Topliss-reactive ketones (excluding diaryl/α,β-unsaturated/α-hetero) is 1. The zero-order chi connectivity index (χ0) is 14.8. The van der Waals surface area contributed by atoms with Gasteiger partial charge in [0.25, 0.3) is 0 Å². The number of rotatable bonds is 4. The lowest BCUT2D eigenvalue weighted by Gasteiger charge is -2.26. The molecule has 0 radical (unpaired) electrons. The third-order valence-corrected chi connectivity index (χ3v) is 3.07. The molecular formula is C15H19ClN2O2S. The third kappa shape index (κ3) is 4.51. The Morgan fingerprint density at radius 2 is 1.90 bits per heavy atom. The van der Waals surface area contributed by atoms with Crippen LogP contribution in [0.15, 0.2) is 43.0 Å². The second kappa shape index (κ2) is 7.00. The Balaban J connectivity index is 0.00000220. The Morgan fingerprint density at radius 3 is 2.38 bits per heavy atom. The van der Waals surface area contributed by atoms with Crippen molar-refractivity contribution in [2.75, 3.05) is 0 Å². The van der Waals surface area contributed by atoms with E-state index in [0.29, 0.717) is 10.8 Å². The van der Waals surface area contributed by atoms with E-state index in [0.717, 1.165) is 0 Å². The summed E-state index contributed by atoms with van der Waals surface area (Å²) in [5.41, 5.74) is -0.513. The fraction of sp³-hybridized carbons (Fsp3) is 0.333. The summed E-state index contributed by atoms with van der Waals surface area (Å²) in [6.07, 6.45) is 4.17. The molecule has 4 nitrogen and oxygen atoms in total. The topological polar surface area (TPSA) is 44.1 Å². The summed E-state index contributed by atoms with van der Waals surface area (Å²) in [4.78, 5) is 16.5. The van der Waals surface area contributed by atoms with Gasteiger partial charge >= 0.3 is 0 Å². The molecule has 1 aromatic carbocycles. The van der Waals surface area contributed by atoms with Gasteiger partial charge in [0.05, 0.1) is 6.33 Å². The Bertz CT molecular complexity index is 577. The largest absolute Gasteiger partial charge is 0.463 e. The van der Waals surface area contributed by atoms with Gasteiger partial charge in [-0.3, -0.25) is 9.36 Å². The first-order valence-electron chi connectivity index (χ1n) is 6.32. The van der Waals surface area contributed by atoms with Crippen molar-refractivity contribution in [3.05, 3.63) is 48.0 Å². The van der Waals surface area contributed by atoms with Crippen LogP contribution in [0.4, 0.5) is 0 Å². The van der Waals surface area contributed by atoms with E-state index >= 15 is 0 Å². The lowest BCUT2D eigenvalue weighted by Crippen LogP contribution is -2.33. The van der Waals surface area contributed by atoms with Crippen LogP contribution in [0.2, 0.25) is 5.02 Å². The number of carbonyl (C=O) groups is 1. The van der Waals surface area contributed by atoms with E-state index in [9.17, 15) is 4.79 Å². The zero-order valence-corrected chi connectivity index (χ0v) is 14.0. The standard InChI is InChI=1S/C15H17ClN2O2.H2S/c1-15(2,3)13(19)14(18-9-8-17-10-18)20-12-6-4-11(16)5-7-12;/h4-10,14H,1-3H3;1H2. The first kappa shape index (κ1) is 17.6. The van der Waals surface area contributed by atoms with Gasteiger partial charge in [-0.15, -0.1) is 0 Å². The number of ketones is 1. The summed E-state index contributed by atoms with van der Waals surface area (Å²) in [5.74, 6) is 0.566. The normalized spacial score (nSPS) is 12.4. The highest BCUT2D eigenvalue weighted by atomic mass is 35.5. The van der Waals surface area contributed by atoms with Gasteiger partial charge in [-0.05, 0) is 24.3 Å². The fourth-order valence-electron chi connectivity index (χ4n) is 1.67. The number of hydrogen-bond acceptors (Lipinski definition) is 3. The van der Waals surface area contributed by atoms with Crippen molar-refractivity contribution >= 4 is 30.9 Å². The molecule has 0 N–H and O–H groups in total. The van der Waals surface area contributed by atoms with Crippen LogP contribution < -0.4 is 4.74 Å². The number of imidazole rings is 1. The quantitative estimate of drug-likeness (QED) is 0.857. The monoisotopic (exact) mass is 326 g/mol. The van der Waals surface area contributed by atoms with Crippen LogP contribution in [0.3, 0.4) is 0 Å². The van der Waals surface area contributed by atoms with Crippen molar-refractivity contribution in [1.82, 2.24) is 9.55 Å².